The number of ether oxygens (including phenoxy) is 4. The van der Waals surface area contributed by atoms with Crippen LogP contribution < -0.4 is 9.47 Å². The summed E-state index contributed by atoms with van der Waals surface area (Å²) in [5.41, 5.74) is 0. The molecule has 192 valence electrons. The van der Waals surface area contributed by atoms with Gasteiger partial charge in [0, 0.05) is 0 Å². The van der Waals surface area contributed by atoms with E-state index in [0.717, 1.165) is 6.42 Å². The Kier molecular flexibility index (Phi) is 4.87. The number of carbonyl (C=O) groups excluding carboxylic acids is 6. The molecule has 6 fully saturated rings. The Hall–Kier alpha value is -3.56. The van der Waals surface area contributed by atoms with Crippen molar-refractivity contribution < 1.29 is 47.7 Å². The van der Waals surface area contributed by atoms with Crippen molar-refractivity contribution in [2.75, 3.05) is 0 Å². The number of rotatable bonds is 4. The maximum atomic E-state index is 13.0. The van der Waals surface area contributed by atoms with Gasteiger partial charge in [-0.2, -0.15) is 0 Å². The van der Waals surface area contributed by atoms with Crippen LogP contribution in [-0.4, -0.2) is 35.8 Å². The molecule has 2 heterocycles. The van der Waals surface area contributed by atoms with Crippen LogP contribution in [0, 0.1) is 59.2 Å². The largest absolute Gasteiger partial charge is 0.426 e. The summed E-state index contributed by atoms with van der Waals surface area (Å²) in [5, 5.41) is 0. The van der Waals surface area contributed by atoms with E-state index in [9.17, 15) is 28.8 Å². The van der Waals surface area contributed by atoms with Crippen molar-refractivity contribution >= 4 is 35.8 Å². The van der Waals surface area contributed by atoms with Gasteiger partial charge in [-0.1, -0.05) is 0 Å². The summed E-state index contributed by atoms with van der Waals surface area (Å²) in [6, 6.07) is 6.13. The predicted molar refractivity (Wildman–Crippen MR) is 118 cm³/mol. The second kappa shape index (κ2) is 7.97. The molecule has 2 aliphatic heterocycles. The molecular formula is C27H24O10. The molecule has 0 aromatic heterocycles. The van der Waals surface area contributed by atoms with Gasteiger partial charge in [0.05, 0.1) is 35.5 Å². The van der Waals surface area contributed by atoms with Crippen molar-refractivity contribution in [1.29, 1.82) is 0 Å². The molecule has 10 unspecified atom stereocenters. The van der Waals surface area contributed by atoms with Crippen molar-refractivity contribution in [2.24, 2.45) is 59.2 Å². The molecule has 10 atom stereocenters. The van der Waals surface area contributed by atoms with E-state index < -0.39 is 71.3 Å². The summed E-state index contributed by atoms with van der Waals surface area (Å²) in [6.45, 7) is 0. The lowest BCUT2D eigenvalue weighted by molar-refractivity contribution is -0.156. The second-order valence-electron chi connectivity index (χ2n) is 11.2. The first-order chi connectivity index (χ1) is 17.8. The predicted octanol–water partition coefficient (Wildman–Crippen LogP) is 1.83. The molecule has 4 saturated carbocycles. The lowest BCUT2D eigenvalue weighted by Gasteiger charge is -2.33. The van der Waals surface area contributed by atoms with E-state index in [2.05, 4.69) is 0 Å². The minimum absolute atomic E-state index is 0.0220. The first-order valence-electron chi connectivity index (χ1n) is 12.8. The number of hydrogen-bond acceptors (Lipinski definition) is 10. The molecule has 4 bridgehead atoms. The lowest BCUT2D eigenvalue weighted by Crippen LogP contribution is -2.41. The fourth-order valence-electron chi connectivity index (χ4n) is 8.22. The van der Waals surface area contributed by atoms with E-state index in [4.69, 9.17) is 18.9 Å². The number of benzene rings is 1. The average molecular weight is 508 g/mol. The van der Waals surface area contributed by atoms with Gasteiger partial charge in [-0.15, -0.1) is 0 Å². The highest BCUT2D eigenvalue weighted by atomic mass is 16.6. The van der Waals surface area contributed by atoms with Crippen LogP contribution in [0.15, 0.2) is 24.3 Å². The van der Waals surface area contributed by atoms with Crippen LogP contribution >= 0.6 is 0 Å². The second-order valence-corrected chi connectivity index (χ2v) is 11.2. The Morgan fingerprint density at radius 3 is 2.00 bits per heavy atom. The first-order valence-corrected chi connectivity index (χ1v) is 12.8. The smallest absolute Gasteiger partial charge is 0.317 e. The molecule has 1 aromatic rings. The van der Waals surface area contributed by atoms with Gasteiger partial charge in [0.2, 0.25) is 0 Å². The molecule has 6 aliphatic rings. The molecular weight excluding hydrogens is 484 g/mol. The van der Waals surface area contributed by atoms with Gasteiger partial charge in [0.1, 0.15) is 11.5 Å². The molecule has 4 aliphatic carbocycles. The van der Waals surface area contributed by atoms with E-state index in [0.29, 0.717) is 25.7 Å². The number of esters is 6. The van der Waals surface area contributed by atoms with Gasteiger partial charge in [0.25, 0.3) is 0 Å². The van der Waals surface area contributed by atoms with Gasteiger partial charge < -0.3 is 18.9 Å². The fraction of sp³-hybridized carbons (Fsp3) is 0.556. The number of cyclic esters (lactones) is 4. The highest BCUT2D eigenvalue weighted by Crippen LogP contribution is 2.58. The first kappa shape index (κ1) is 22.6. The van der Waals surface area contributed by atoms with Gasteiger partial charge in [0.15, 0.2) is 0 Å². The third-order valence-electron chi connectivity index (χ3n) is 9.65. The number of carbonyl (C=O) groups is 6. The third kappa shape index (κ3) is 3.30. The molecule has 10 nitrogen and oxygen atoms in total. The number of hydrogen-bond donors (Lipinski definition) is 0. The quantitative estimate of drug-likeness (QED) is 0.336. The van der Waals surface area contributed by atoms with Gasteiger partial charge in [-0.3, -0.25) is 28.8 Å². The summed E-state index contributed by atoms with van der Waals surface area (Å²) >= 11 is 0. The Morgan fingerprint density at radius 1 is 0.649 bits per heavy atom. The van der Waals surface area contributed by atoms with Gasteiger partial charge >= 0.3 is 35.8 Å². The van der Waals surface area contributed by atoms with Crippen molar-refractivity contribution in [2.45, 2.75) is 32.1 Å². The molecule has 7 rings (SSSR count). The van der Waals surface area contributed by atoms with Crippen LogP contribution in [0.4, 0.5) is 0 Å². The average Bonchev–Trinajstić information content (AvgIpc) is 3.65. The van der Waals surface area contributed by atoms with Gasteiger partial charge in [-0.25, -0.2) is 0 Å². The Morgan fingerprint density at radius 2 is 1.27 bits per heavy atom. The van der Waals surface area contributed by atoms with E-state index in [1.807, 2.05) is 0 Å². The van der Waals surface area contributed by atoms with Crippen LogP contribution in [0.3, 0.4) is 0 Å². The maximum absolute atomic E-state index is 13.0. The van der Waals surface area contributed by atoms with Crippen LogP contribution in [0.1, 0.15) is 32.1 Å². The van der Waals surface area contributed by atoms with Gasteiger partial charge in [-0.05, 0) is 80.0 Å². The zero-order valence-corrected chi connectivity index (χ0v) is 19.7. The fourth-order valence-corrected chi connectivity index (χ4v) is 8.22. The Balaban J connectivity index is 0.988. The third-order valence-corrected chi connectivity index (χ3v) is 9.65. The zero-order chi connectivity index (χ0) is 25.6. The summed E-state index contributed by atoms with van der Waals surface area (Å²) < 4.78 is 20.8. The molecule has 1 aromatic carbocycles. The van der Waals surface area contributed by atoms with E-state index >= 15 is 0 Å². The van der Waals surface area contributed by atoms with Crippen molar-refractivity contribution in [3.63, 3.8) is 0 Å². The van der Waals surface area contributed by atoms with E-state index in [1.54, 1.807) is 0 Å². The van der Waals surface area contributed by atoms with E-state index in [1.165, 1.54) is 24.3 Å². The van der Waals surface area contributed by atoms with E-state index in [-0.39, 0.29) is 35.2 Å². The van der Waals surface area contributed by atoms with Crippen molar-refractivity contribution in [3.05, 3.63) is 24.3 Å². The monoisotopic (exact) mass is 508 g/mol. The minimum Gasteiger partial charge on any atom is -0.426 e. The highest BCUT2D eigenvalue weighted by Gasteiger charge is 2.65. The molecule has 0 spiro atoms. The van der Waals surface area contributed by atoms with Crippen LogP contribution in [0.5, 0.6) is 11.5 Å². The SMILES string of the molecule is O=C(Oc1ccc(OC(=O)C2C3CCC2C2C(=O)OC(=O)C2C3)cc1)C1CC2CC1C1C(=O)OC(=O)C21. The van der Waals surface area contributed by atoms with Crippen LogP contribution in [0.25, 0.3) is 0 Å². The van der Waals surface area contributed by atoms with Crippen LogP contribution in [0.2, 0.25) is 0 Å². The summed E-state index contributed by atoms with van der Waals surface area (Å²) in [6.07, 6.45) is 3.04. The molecule has 0 N–H and O–H groups in total. The highest BCUT2D eigenvalue weighted by molar-refractivity contribution is 5.98. The topological polar surface area (TPSA) is 139 Å². The summed E-state index contributed by atoms with van der Waals surface area (Å²) in [4.78, 5) is 74.1. The summed E-state index contributed by atoms with van der Waals surface area (Å²) in [7, 11) is 0. The Bertz CT molecular complexity index is 1250. The molecule has 37 heavy (non-hydrogen) atoms. The number of fused-ring (bicyclic) bond motifs is 9. The van der Waals surface area contributed by atoms with Crippen LogP contribution in [-0.2, 0) is 38.2 Å². The zero-order valence-electron chi connectivity index (χ0n) is 19.7. The van der Waals surface area contributed by atoms with Crippen molar-refractivity contribution in [3.8, 4) is 11.5 Å². The van der Waals surface area contributed by atoms with Crippen molar-refractivity contribution in [1.82, 2.24) is 0 Å². The minimum atomic E-state index is -0.573. The normalized spacial score (nSPS) is 40.8. The molecule has 2 saturated heterocycles. The molecule has 0 amide bonds. The summed E-state index contributed by atoms with van der Waals surface area (Å²) in [5.74, 6) is -5.87. The lowest BCUT2D eigenvalue weighted by atomic mass is 9.67. The standard InChI is InChI=1S/C27H24O10/c28-22(16-9-11-8-15(16)21-19(11)25(31)37-27(21)33)34-12-2-4-13(5-3-12)35-24(30)18-10-1-6-14(18)20-17(7-10)23(29)36-26(20)32/h2-5,10-11,14-21H,1,6-9H2. The Labute approximate surface area is 210 Å². The molecule has 0 radical (unpaired) electrons. The maximum Gasteiger partial charge on any atom is 0.317 e. The molecule has 10 heteroatoms.